The van der Waals surface area contributed by atoms with Crippen molar-refractivity contribution in [3.05, 3.63) is 24.3 Å². The van der Waals surface area contributed by atoms with Gasteiger partial charge in [0.15, 0.2) is 0 Å². The highest BCUT2D eigenvalue weighted by Crippen LogP contribution is 2.44. The van der Waals surface area contributed by atoms with E-state index >= 15 is 0 Å². The number of nitrogens with one attached hydrogen (secondary N) is 1. The Bertz CT molecular complexity index is 679. The summed E-state index contributed by atoms with van der Waals surface area (Å²) in [6.45, 7) is 4.99. The number of anilines is 2. The Morgan fingerprint density at radius 1 is 0.806 bits per heavy atom. The molecule has 5 rings (SSSR count). The molecule has 3 heteroatoms. The summed E-state index contributed by atoms with van der Waals surface area (Å²) in [5, 5.41) is 3.60. The fourth-order valence-corrected chi connectivity index (χ4v) is 7.40. The van der Waals surface area contributed by atoms with Gasteiger partial charge in [-0.05, 0) is 55.6 Å². The van der Waals surface area contributed by atoms with Crippen molar-refractivity contribution in [3.8, 4) is 0 Å². The van der Waals surface area contributed by atoms with Crippen LogP contribution in [0.1, 0.15) is 96.3 Å². The minimum absolute atomic E-state index is 0.622. The van der Waals surface area contributed by atoms with Gasteiger partial charge in [0.25, 0.3) is 0 Å². The smallest absolute Gasteiger partial charge is 0.0880 e. The lowest BCUT2D eigenvalue weighted by Crippen LogP contribution is -2.48. The number of hydrogen-bond donors (Lipinski definition) is 1. The van der Waals surface area contributed by atoms with Crippen LogP contribution in [0.15, 0.2) is 24.3 Å². The molecule has 0 spiro atoms. The fourth-order valence-electron chi connectivity index (χ4n) is 7.40. The first-order valence-corrected chi connectivity index (χ1v) is 13.6. The third kappa shape index (κ3) is 5.24. The summed E-state index contributed by atoms with van der Waals surface area (Å²) in [5.41, 5.74) is 3.37. The Labute approximate surface area is 191 Å². The van der Waals surface area contributed by atoms with E-state index in [0.717, 1.165) is 12.6 Å². The van der Waals surface area contributed by atoms with Crippen molar-refractivity contribution in [2.75, 3.05) is 36.5 Å². The van der Waals surface area contributed by atoms with Crippen LogP contribution in [0.4, 0.5) is 11.4 Å². The van der Waals surface area contributed by atoms with Crippen LogP contribution in [0.2, 0.25) is 0 Å². The van der Waals surface area contributed by atoms with Gasteiger partial charge >= 0.3 is 0 Å². The van der Waals surface area contributed by atoms with Crippen molar-refractivity contribution in [3.63, 3.8) is 0 Å². The molecule has 1 N–H and O–H groups in total. The molecule has 31 heavy (non-hydrogen) atoms. The molecule has 3 nitrogen and oxygen atoms in total. The third-order valence-corrected chi connectivity index (χ3v) is 9.07. The number of hydrogen-bond acceptors (Lipinski definition) is 3. The van der Waals surface area contributed by atoms with E-state index in [9.17, 15) is 0 Å². The fraction of sp³-hybridized carbons (Fsp3) is 0.786. The number of para-hydroxylation sites is 2. The predicted molar refractivity (Wildman–Crippen MR) is 133 cm³/mol. The number of benzene rings is 1. The van der Waals surface area contributed by atoms with E-state index in [1.165, 1.54) is 127 Å². The molecule has 0 bridgehead atoms. The van der Waals surface area contributed by atoms with Gasteiger partial charge in [-0.1, -0.05) is 76.3 Å². The van der Waals surface area contributed by atoms with E-state index in [-0.39, 0.29) is 0 Å². The topological polar surface area (TPSA) is 18.5 Å². The van der Waals surface area contributed by atoms with Crippen molar-refractivity contribution < 1.29 is 0 Å². The minimum Gasteiger partial charge on any atom is -0.366 e. The normalized spacial score (nSPS) is 26.1. The minimum atomic E-state index is 0.622. The molecule has 2 heterocycles. The lowest BCUT2D eigenvalue weighted by Gasteiger charge is -2.45. The Balaban J connectivity index is 1.21. The number of piperidine rings is 1. The third-order valence-electron chi connectivity index (χ3n) is 9.07. The first-order valence-electron chi connectivity index (χ1n) is 13.6. The molecule has 3 fully saturated rings. The first kappa shape index (κ1) is 21.6. The van der Waals surface area contributed by atoms with Crippen LogP contribution in [-0.4, -0.2) is 37.2 Å². The van der Waals surface area contributed by atoms with Crippen LogP contribution in [0.5, 0.6) is 0 Å². The number of nitrogens with zero attached hydrogens (tertiary/aromatic N) is 2. The van der Waals surface area contributed by atoms with Crippen LogP contribution in [-0.2, 0) is 0 Å². The Hall–Kier alpha value is -1.22. The lowest BCUT2D eigenvalue weighted by atomic mass is 9.68. The monoisotopic (exact) mass is 423 g/mol. The van der Waals surface area contributed by atoms with Crippen LogP contribution in [0.25, 0.3) is 0 Å². The summed E-state index contributed by atoms with van der Waals surface area (Å²) in [6, 6.07) is 9.58. The zero-order chi connectivity index (χ0) is 20.9. The van der Waals surface area contributed by atoms with Gasteiger partial charge < -0.3 is 15.1 Å². The maximum atomic E-state index is 3.60. The molecule has 2 aliphatic carbocycles. The molecule has 172 valence electrons. The van der Waals surface area contributed by atoms with E-state index in [1.54, 1.807) is 0 Å². The summed E-state index contributed by atoms with van der Waals surface area (Å²) in [6.07, 6.45) is 22.2. The van der Waals surface area contributed by atoms with Crippen molar-refractivity contribution >= 4 is 11.4 Å². The zero-order valence-electron chi connectivity index (χ0n) is 19.8. The molecular formula is C28H45N3. The molecule has 1 aromatic rings. The van der Waals surface area contributed by atoms with Crippen molar-refractivity contribution in [2.45, 2.75) is 102 Å². The van der Waals surface area contributed by atoms with E-state index in [1.807, 2.05) is 0 Å². The molecule has 4 aliphatic rings. The molecule has 0 aromatic heterocycles. The lowest BCUT2D eigenvalue weighted by molar-refractivity contribution is 0.0662. The van der Waals surface area contributed by atoms with Gasteiger partial charge in [-0.25, -0.2) is 0 Å². The van der Waals surface area contributed by atoms with E-state index in [4.69, 9.17) is 0 Å². The highest BCUT2D eigenvalue weighted by atomic mass is 15.3. The average Bonchev–Trinajstić information content (AvgIpc) is 3.22. The van der Waals surface area contributed by atoms with Gasteiger partial charge in [0, 0.05) is 25.7 Å². The van der Waals surface area contributed by atoms with Crippen molar-refractivity contribution in [2.24, 2.45) is 11.3 Å². The Morgan fingerprint density at radius 2 is 1.48 bits per heavy atom. The molecule has 0 atom stereocenters. The Morgan fingerprint density at radius 3 is 2.26 bits per heavy atom. The van der Waals surface area contributed by atoms with Gasteiger partial charge in [-0.2, -0.15) is 0 Å². The summed E-state index contributed by atoms with van der Waals surface area (Å²) in [7, 11) is 0. The first-order chi connectivity index (χ1) is 15.3. The summed E-state index contributed by atoms with van der Waals surface area (Å²) < 4.78 is 0. The van der Waals surface area contributed by atoms with Crippen LogP contribution >= 0.6 is 0 Å². The largest absolute Gasteiger partial charge is 0.366 e. The van der Waals surface area contributed by atoms with Crippen molar-refractivity contribution in [1.82, 2.24) is 4.90 Å². The highest BCUT2D eigenvalue weighted by molar-refractivity contribution is 5.74. The van der Waals surface area contributed by atoms with Crippen LogP contribution in [0.3, 0.4) is 0 Å². The van der Waals surface area contributed by atoms with Crippen molar-refractivity contribution in [1.29, 1.82) is 0 Å². The molecule has 2 saturated carbocycles. The quantitative estimate of drug-likeness (QED) is 0.548. The number of likely N-dealkylation sites (tertiary alicyclic amines) is 1. The molecular weight excluding hydrogens is 378 g/mol. The molecule has 2 aliphatic heterocycles. The predicted octanol–water partition coefficient (Wildman–Crippen LogP) is 7.04. The molecule has 0 radical (unpaired) electrons. The van der Waals surface area contributed by atoms with E-state index in [0.29, 0.717) is 11.5 Å². The van der Waals surface area contributed by atoms with Crippen LogP contribution < -0.4 is 10.2 Å². The van der Waals surface area contributed by atoms with E-state index in [2.05, 4.69) is 39.4 Å². The second-order valence-corrected chi connectivity index (χ2v) is 11.3. The molecule has 1 aromatic carbocycles. The summed E-state index contributed by atoms with van der Waals surface area (Å²) >= 11 is 0. The number of rotatable bonds is 5. The van der Waals surface area contributed by atoms with Gasteiger partial charge in [0.2, 0.25) is 0 Å². The van der Waals surface area contributed by atoms with Gasteiger partial charge in [-0.3, -0.25) is 0 Å². The standard InChI is InChI=1S/C28H45N3/c1-2-9-17-28(18-10-3-1,21-24-11-5-4-6-12-24)22-30-19-15-25(16-20-30)31-23-29-26-13-7-8-14-27(26)31/h7-8,13-14,24-25,29H,1-6,9-12,15-23H2. The van der Waals surface area contributed by atoms with Crippen LogP contribution in [0, 0.1) is 11.3 Å². The molecule has 0 unspecified atom stereocenters. The number of fused-ring (bicyclic) bond motifs is 1. The van der Waals surface area contributed by atoms with Gasteiger partial charge in [0.1, 0.15) is 0 Å². The van der Waals surface area contributed by atoms with E-state index < -0.39 is 0 Å². The van der Waals surface area contributed by atoms with Gasteiger partial charge in [0.05, 0.1) is 18.0 Å². The SMILES string of the molecule is c1ccc2c(c1)NCN2C1CCN(CC2(CC3CCCCC3)CCCCCCC2)CC1. The second-order valence-electron chi connectivity index (χ2n) is 11.3. The maximum Gasteiger partial charge on any atom is 0.0880 e. The zero-order valence-corrected chi connectivity index (χ0v) is 19.8. The summed E-state index contributed by atoms with van der Waals surface area (Å²) in [5.74, 6) is 1.03. The molecule has 0 amide bonds. The average molecular weight is 424 g/mol. The Kier molecular flexibility index (Phi) is 7.08. The summed E-state index contributed by atoms with van der Waals surface area (Å²) in [4.78, 5) is 5.52. The maximum absolute atomic E-state index is 3.60. The molecule has 1 saturated heterocycles. The van der Waals surface area contributed by atoms with Gasteiger partial charge in [-0.15, -0.1) is 0 Å². The second kappa shape index (κ2) is 10.1. The highest BCUT2D eigenvalue weighted by Gasteiger charge is 2.37.